The highest BCUT2D eigenvalue weighted by Gasteiger charge is 2.23. The highest BCUT2D eigenvalue weighted by Crippen LogP contribution is 2.38. The van der Waals surface area contributed by atoms with Crippen LogP contribution in [0.3, 0.4) is 0 Å². The number of rotatable bonds is 7. The van der Waals surface area contributed by atoms with Crippen LogP contribution in [0.1, 0.15) is 38.2 Å². The number of hydrogen-bond donors (Lipinski definition) is 1. The van der Waals surface area contributed by atoms with Crippen molar-refractivity contribution < 1.29 is 17.9 Å². The van der Waals surface area contributed by atoms with Crippen molar-refractivity contribution in [1.82, 2.24) is 9.62 Å². The maximum Gasteiger partial charge on any atom is 0.211 e. The minimum absolute atomic E-state index is 0.0605. The SMILES string of the molecule is CCCS(=O)(=O)NC1CCN(CCc2cc(Cl)c3c(c2)OCCCO3)CC1. The van der Waals surface area contributed by atoms with E-state index >= 15 is 0 Å². The van der Waals surface area contributed by atoms with Crippen LogP contribution in [-0.2, 0) is 16.4 Å². The minimum atomic E-state index is -3.13. The molecule has 0 radical (unpaired) electrons. The molecule has 27 heavy (non-hydrogen) atoms. The van der Waals surface area contributed by atoms with Gasteiger partial charge in [-0.2, -0.15) is 0 Å². The molecule has 2 aliphatic heterocycles. The van der Waals surface area contributed by atoms with Crippen molar-refractivity contribution in [1.29, 1.82) is 0 Å². The molecule has 1 saturated heterocycles. The summed E-state index contributed by atoms with van der Waals surface area (Å²) >= 11 is 6.36. The highest BCUT2D eigenvalue weighted by atomic mass is 35.5. The Kier molecular flexibility index (Phi) is 7.25. The molecular weight excluding hydrogens is 388 g/mol. The predicted octanol–water partition coefficient (Wildman–Crippen LogP) is 2.84. The van der Waals surface area contributed by atoms with Gasteiger partial charge in [0.25, 0.3) is 0 Å². The summed E-state index contributed by atoms with van der Waals surface area (Å²) in [6.07, 6.45) is 4.09. The summed E-state index contributed by atoms with van der Waals surface area (Å²) in [6, 6.07) is 4.05. The van der Waals surface area contributed by atoms with Gasteiger partial charge in [-0.1, -0.05) is 18.5 Å². The van der Waals surface area contributed by atoms with Gasteiger partial charge >= 0.3 is 0 Å². The third-order valence-electron chi connectivity index (χ3n) is 4.99. The van der Waals surface area contributed by atoms with E-state index in [9.17, 15) is 8.42 Å². The van der Waals surface area contributed by atoms with E-state index < -0.39 is 10.0 Å². The van der Waals surface area contributed by atoms with Gasteiger partial charge in [-0.3, -0.25) is 0 Å². The van der Waals surface area contributed by atoms with E-state index in [1.807, 2.05) is 19.1 Å². The van der Waals surface area contributed by atoms with Crippen LogP contribution in [0.4, 0.5) is 0 Å². The second kappa shape index (κ2) is 9.45. The molecule has 0 atom stereocenters. The summed E-state index contributed by atoms with van der Waals surface area (Å²) < 4.78 is 38.1. The Hall–Kier alpha value is -1.02. The molecular formula is C19H29ClN2O4S. The summed E-state index contributed by atoms with van der Waals surface area (Å²) in [5, 5.41) is 0.605. The van der Waals surface area contributed by atoms with E-state index in [1.165, 1.54) is 0 Å². The molecule has 1 N–H and O–H groups in total. The lowest BCUT2D eigenvalue weighted by Crippen LogP contribution is -2.45. The fourth-order valence-corrected chi connectivity index (χ4v) is 5.26. The summed E-state index contributed by atoms with van der Waals surface area (Å²) in [7, 11) is -3.13. The normalized spacial score (nSPS) is 19.0. The van der Waals surface area contributed by atoms with Gasteiger partial charge < -0.3 is 14.4 Å². The number of piperidine rings is 1. The Bertz CT molecular complexity index is 733. The molecule has 6 nitrogen and oxygen atoms in total. The molecule has 0 aliphatic carbocycles. The molecule has 8 heteroatoms. The zero-order valence-electron chi connectivity index (χ0n) is 15.9. The first kappa shape index (κ1) is 20.7. The van der Waals surface area contributed by atoms with Crippen LogP contribution < -0.4 is 14.2 Å². The molecule has 0 saturated carbocycles. The van der Waals surface area contributed by atoms with E-state index in [1.54, 1.807) is 0 Å². The Morgan fingerprint density at radius 1 is 1.22 bits per heavy atom. The van der Waals surface area contributed by atoms with Crippen LogP contribution in [0, 0.1) is 0 Å². The van der Waals surface area contributed by atoms with Crippen molar-refractivity contribution in [2.45, 2.75) is 45.1 Å². The van der Waals surface area contributed by atoms with Crippen molar-refractivity contribution >= 4 is 21.6 Å². The number of halogens is 1. The zero-order valence-corrected chi connectivity index (χ0v) is 17.4. The van der Waals surface area contributed by atoms with E-state index in [-0.39, 0.29) is 11.8 Å². The Balaban J connectivity index is 1.49. The quantitative estimate of drug-likeness (QED) is 0.740. The summed E-state index contributed by atoms with van der Waals surface area (Å²) in [4.78, 5) is 2.38. The number of fused-ring (bicyclic) bond motifs is 1. The average Bonchev–Trinajstić information content (AvgIpc) is 2.86. The van der Waals surface area contributed by atoms with E-state index in [4.69, 9.17) is 21.1 Å². The van der Waals surface area contributed by atoms with Crippen LogP contribution in [0.25, 0.3) is 0 Å². The maximum absolute atomic E-state index is 11.9. The van der Waals surface area contributed by atoms with Gasteiger partial charge in [0.1, 0.15) is 0 Å². The number of likely N-dealkylation sites (tertiary alicyclic amines) is 1. The fraction of sp³-hybridized carbons (Fsp3) is 0.684. The van der Waals surface area contributed by atoms with Gasteiger partial charge in [0.05, 0.1) is 24.0 Å². The topological polar surface area (TPSA) is 67.9 Å². The Labute approximate surface area is 167 Å². The lowest BCUT2D eigenvalue weighted by atomic mass is 10.0. The number of nitrogens with one attached hydrogen (secondary N) is 1. The number of hydrogen-bond acceptors (Lipinski definition) is 5. The van der Waals surface area contributed by atoms with Crippen molar-refractivity contribution in [3.8, 4) is 11.5 Å². The van der Waals surface area contributed by atoms with Crippen molar-refractivity contribution in [2.75, 3.05) is 38.6 Å². The largest absolute Gasteiger partial charge is 0.489 e. The van der Waals surface area contributed by atoms with Crippen molar-refractivity contribution in [2.24, 2.45) is 0 Å². The number of nitrogens with zero attached hydrogens (tertiary/aromatic N) is 1. The molecule has 0 unspecified atom stereocenters. The van der Waals surface area contributed by atoms with Crippen LogP contribution in [0.5, 0.6) is 11.5 Å². The lowest BCUT2D eigenvalue weighted by Gasteiger charge is -2.32. The Morgan fingerprint density at radius 3 is 2.70 bits per heavy atom. The predicted molar refractivity (Wildman–Crippen MR) is 107 cm³/mol. The molecule has 1 aromatic carbocycles. The van der Waals surface area contributed by atoms with Crippen LogP contribution >= 0.6 is 11.6 Å². The van der Waals surface area contributed by atoms with E-state index in [0.717, 1.165) is 56.6 Å². The lowest BCUT2D eigenvalue weighted by molar-refractivity contribution is 0.209. The fourth-order valence-electron chi connectivity index (χ4n) is 3.57. The molecule has 2 aliphatic rings. The van der Waals surface area contributed by atoms with Gasteiger partial charge in [0.2, 0.25) is 10.0 Å². The summed E-state index contributed by atoms with van der Waals surface area (Å²) in [5.74, 6) is 1.59. The van der Waals surface area contributed by atoms with Crippen LogP contribution in [0.15, 0.2) is 12.1 Å². The second-order valence-electron chi connectivity index (χ2n) is 7.26. The third kappa shape index (κ3) is 5.98. The van der Waals surface area contributed by atoms with Gasteiger partial charge in [-0.05, 0) is 56.5 Å². The van der Waals surface area contributed by atoms with E-state index in [2.05, 4.69) is 9.62 Å². The number of ether oxygens (including phenoxy) is 2. The Morgan fingerprint density at radius 2 is 1.96 bits per heavy atom. The smallest absolute Gasteiger partial charge is 0.211 e. The van der Waals surface area contributed by atoms with Crippen molar-refractivity contribution in [3.05, 3.63) is 22.7 Å². The first-order chi connectivity index (χ1) is 13.0. The first-order valence-corrected chi connectivity index (χ1v) is 11.8. The first-order valence-electron chi connectivity index (χ1n) is 9.77. The molecule has 3 rings (SSSR count). The molecule has 0 amide bonds. The molecule has 152 valence electrons. The zero-order chi connectivity index (χ0) is 19.3. The molecule has 1 fully saturated rings. The number of sulfonamides is 1. The molecule has 1 aromatic rings. The minimum Gasteiger partial charge on any atom is -0.489 e. The van der Waals surface area contributed by atoms with Crippen LogP contribution in [0.2, 0.25) is 5.02 Å². The molecule has 0 aromatic heterocycles. The van der Waals surface area contributed by atoms with Gasteiger partial charge in [-0.15, -0.1) is 0 Å². The van der Waals surface area contributed by atoms with Gasteiger partial charge in [0.15, 0.2) is 11.5 Å². The highest BCUT2D eigenvalue weighted by molar-refractivity contribution is 7.89. The van der Waals surface area contributed by atoms with Crippen LogP contribution in [-0.4, -0.2) is 58.0 Å². The van der Waals surface area contributed by atoms with Gasteiger partial charge in [-0.25, -0.2) is 13.1 Å². The maximum atomic E-state index is 11.9. The average molecular weight is 417 g/mol. The molecule has 0 bridgehead atoms. The summed E-state index contributed by atoms with van der Waals surface area (Å²) in [5.41, 5.74) is 1.13. The molecule has 2 heterocycles. The number of benzene rings is 1. The third-order valence-corrected chi connectivity index (χ3v) is 6.90. The van der Waals surface area contributed by atoms with E-state index in [0.29, 0.717) is 30.4 Å². The van der Waals surface area contributed by atoms with Gasteiger partial charge in [0, 0.05) is 19.0 Å². The van der Waals surface area contributed by atoms with Crippen molar-refractivity contribution in [3.63, 3.8) is 0 Å². The summed E-state index contributed by atoms with van der Waals surface area (Å²) in [6.45, 7) is 5.88. The second-order valence-corrected chi connectivity index (χ2v) is 9.54. The molecule has 0 spiro atoms. The standard InChI is InChI=1S/C19H29ClN2O4S/c1-2-12-27(23,24)21-16-5-8-22(9-6-16)7-4-15-13-17(20)19-18(14-15)25-10-3-11-26-19/h13-14,16,21H,2-12H2,1H3. The monoisotopic (exact) mass is 416 g/mol.